The van der Waals surface area contributed by atoms with E-state index in [-0.39, 0.29) is 12.5 Å². The van der Waals surface area contributed by atoms with Crippen molar-refractivity contribution in [1.82, 2.24) is 5.32 Å². The second-order valence-corrected chi connectivity index (χ2v) is 7.77. The van der Waals surface area contributed by atoms with Crippen molar-refractivity contribution in [1.29, 1.82) is 0 Å². The molecular weight excluding hydrogens is 422 g/mol. The Bertz CT molecular complexity index is 712. The molecule has 6 heteroatoms. The van der Waals surface area contributed by atoms with E-state index >= 15 is 0 Å². The van der Waals surface area contributed by atoms with Gasteiger partial charge >= 0.3 is 0 Å². The third-order valence-corrected chi connectivity index (χ3v) is 5.54. The van der Waals surface area contributed by atoms with Crippen LogP contribution in [0.5, 0.6) is 5.75 Å². The zero-order valence-corrected chi connectivity index (χ0v) is 17.2. The van der Waals surface area contributed by atoms with Crippen LogP contribution in [0.4, 0.5) is 0 Å². The largest absolute Gasteiger partial charge is 0.483 e. The summed E-state index contributed by atoms with van der Waals surface area (Å²) in [5.74, 6) is 2.22. The number of ether oxygens (including phenoxy) is 1. The monoisotopic (exact) mass is 441 g/mol. The summed E-state index contributed by atoms with van der Waals surface area (Å²) in [6.45, 7) is 2.71. The average molecular weight is 443 g/mol. The average Bonchev–Trinajstić information content (AvgIpc) is 2.61. The van der Waals surface area contributed by atoms with Gasteiger partial charge in [0.25, 0.3) is 5.91 Å². The lowest BCUT2D eigenvalue weighted by molar-refractivity contribution is -0.122. The fourth-order valence-corrected chi connectivity index (χ4v) is 3.82. The summed E-state index contributed by atoms with van der Waals surface area (Å²) in [7, 11) is 0. The Kier molecular flexibility index (Phi) is 8.65. The number of aryl methyl sites for hydroxylation is 1. The standard InChI is InChI=1S/C19H21BrClNO2S/c1-2-14-7-8-18(16(20)11-14)24-12-19(23)22-9-10-25-13-15-5-3-4-6-17(15)21/h3-8,11H,2,9-10,12-13H2,1H3,(H,22,23). The molecule has 0 aliphatic rings. The first-order valence-corrected chi connectivity index (χ1v) is 10.4. The van der Waals surface area contributed by atoms with Gasteiger partial charge in [-0.25, -0.2) is 0 Å². The van der Waals surface area contributed by atoms with Gasteiger partial charge in [-0.2, -0.15) is 11.8 Å². The number of amides is 1. The fourth-order valence-electron chi connectivity index (χ4n) is 2.14. The zero-order chi connectivity index (χ0) is 18.1. The van der Waals surface area contributed by atoms with Crippen LogP contribution in [0.15, 0.2) is 46.9 Å². The van der Waals surface area contributed by atoms with Crippen molar-refractivity contribution in [2.45, 2.75) is 19.1 Å². The van der Waals surface area contributed by atoms with E-state index in [4.69, 9.17) is 16.3 Å². The van der Waals surface area contributed by atoms with Gasteiger partial charge in [0.1, 0.15) is 5.75 Å². The molecule has 0 aliphatic carbocycles. The van der Waals surface area contributed by atoms with Crippen LogP contribution >= 0.6 is 39.3 Å². The number of hydrogen-bond donors (Lipinski definition) is 1. The molecule has 134 valence electrons. The molecule has 0 fully saturated rings. The van der Waals surface area contributed by atoms with E-state index in [9.17, 15) is 4.79 Å². The summed E-state index contributed by atoms with van der Waals surface area (Å²) in [6.07, 6.45) is 0.964. The minimum Gasteiger partial charge on any atom is -0.483 e. The quantitative estimate of drug-likeness (QED) is 0.550. The van der Waals surface area contributed by atoms with Crippen molar-refractivity contribution >= 4 is 45.2 Å². The molecule has 0 bridgehead atoms. The van der Waals surface area contributed by atoms with Crippen LogP contribution in [0.25, 0.3) is 0 Å². The highest BCUT2D eigenvalue weighted by Gasteiger charge is 2.06. The topological polar surface area (TPSA) is 38.3 Å². The van der Waals surface area contributed by atoms with E-state index in [2.05, 4.69) is 28.2 Å². The van der Waals surface area contributed by atoms with Gasteiger partial charge in [-0.1, -0.05) is 42.8 Å². The van der Waals surface area contributed by atoms with Gasteiger partial charge in [0.2, 0.25) is 0 Å². The van der Waals surface area contributed by atoms with Crippen molar-refractivity contribution in [3.63, 3.8) is 0 Å². The van der Waals surface area contributed by atoms with Crippen LogP contribution in [-0.2, 0) is 17.0 Å². The lowest BCUT2D eigenvalue weighted by atomic mass is 10.2. The van der Waals surface area contributed by atoms with Crippen molar-refractivity contribution < 1.29 is 9.53 Å². The third kappa shape index (κ3) is 6.92. The van der Waals surface area contributed by atoms with E-state index < -0.39 is 0 Å². The Hall–Kier alpha value is -1.17. The molecule has 1 amide bonds. The molecule has 0 saturated heterocycles. The molecule has 2 aromatic carbocycles. The molecule has 0 aromatic heterocycles. The number of thioether (sulfide) groups is 1. The van der Waals surface area contributed by atoms with Crippen molar-refractivity contribution in [3.8, 4) is 5.75 Å². The lowest BCUT2D eigenvalue weighted by Gasteiger charge is -2.10. The summed E-state index contributed by atoms with van der Waals surface area (Å²) < 4.78 is 6.43. The predicted molar refractivity (Wildman–Crippen MR) is 110 cm³/mol. The van der Waals surface area contributed by atoms with Crippen molar-refractivity contribution in [2.24, 2.45) is 0 Å². The molecule has 0 spiro atoms. The minimum absolute atomic E-state index is 0.0131. The van der Waals surface area contributed by atoms with E-state index in [1.54, 1.807) is 11.8 Å². The first-order chi connectivity index (χ1) is 12.1. The molecule has 1 N–H and O–H groups in total. The lowest BCUT2D eigenvalue weighted by Crippen LogP contribution is -2.30. The first kappa shape index (κ1) is 20.1. The minimum atomic E-state index is -0.121. The Morgan fingerprint density at radius 3 is 2.80 bits per heavy atom. The molecule has 0 heterocycles. The Balaban J connectivity index is 1.63. The maximum atomic E-state index is 11.9. The van der Waals surface area contributed by atoms with Crippen LogP contribution in [0.1, 0.15) is 18.1 Å². The smallest absolute Gasteiger partial charge is 0.257 e. The van der Waals surface area contributed by atoms with Crippen LogP contribution in [0.3, 0.4) is 0 Å². The van der Waals surface area contributed by atoms with E-state index in [1.807, 2.05) is 42.5 Å². The Morgan fingerprint density at radius 1 is 1.28 bits per heavy atom. The number of rotatable bonds is 9. The summed E-state index contributed by atoms with van der Waals surface area (Å²) in [4.78, 5) is 11.9. The van der Waals surface area contributed by atoms with Gasteiger partial charge < -0.3 is 10.1 Å². The van der Waals surface area contributed by atoms with Crippen LogP contribution in [-0.4, -0.2) is 24.8 Å². The normalized spacial score (nSPS) is 10.5. The van der Waals surface area contributed by atoms with E-state index in [0.717, 1.165) is 33.0 Å². The Morgan fingerprint density at radius 2 is 2.08 bits per heavy atom. The van der Waals surface area contributed by atoms with Gasteiger partial charge in [0, 0.05) is 23.1 Å². The molecule has 0 radical (unpaired) electrons. The molecule has 0 unspecified atom stereocenters. The number of halogens is 2. The number of carbonyl (C=O) groups is 1. The van der Waals surface area contributed by atoms with Crippen LogP contribution < -0.4 is 10.1 Å². The highest BCUT2D eigenvalue weighted by molar-refractivity contribution is 9.10. The van der Waals surface area contributed by atoms with E-state index in [0.29, 0.717) is 12.3 Å². The Labute approximate surface area is 166 Å². The summed E-state index contributed by atoms with van der Waals surface area (Å²) in [6, 6.07) is 13.7. The van der Waals surface area contributed by atoms with Gasteiger partial charge in [0.05, 0.1) is 4.47 Å². The number of benzene rings is 2. The third-order valence-electron chi connectivity index (χ3n) is 3.55. The zero-order valence-electron chi connectivity index (χ0n) is 14.1. The molecule has 3 nitrogen and oxygen atoms in total. The molecule has 2 rings (SSSR count). The van der Waals surface area contributed by atoms with Gasteiger partial charge in [-0.05, 0) is 51.7 Å². The highest BCUT2D eigenvalue weighted by atomic mass is 79.9. The number of carbonyl (C=O) groups excluding carboxylic acids is 1. The van der Waals surface area contributed by atoms with Crippen molar-refractivity contribution in [3.05, 3.63) is 63.1 Å². The van der Waals surface area contributed by atoms with Crippen molar-refractivity contribution in [2.75, 3.05) is 18.9 Å². The summed E-state index contributed by atoms with van der Waals surface area (Å²) >= 11 is 11.3. The molecule has 2 aromatic rings. The highest BCUT2D eigenvalue weighted by Crippen LogP contribution is 2.26. The fraction of sp³-hybridized carbons (Fsp3) is 0.316. The van der Waals surface area contributed by atoms with Gasteiger partial charge in [-0.15, -0.1) is 0 Å². The van der Waals surface area contributed by atoms with E-state index in [1.165, 1.54) is 5.56 Å². The van der Waals surface area contributed by atoms with Crippen LogP contribution in [0, 0.1) is 0 Å². The number of hydrogen-bond acceptors (Lipinski definition) is 3. The van der Waals surface area contributed by atoms with Gasteiger partial charge in [-0.3, -0.25) is 4.79 Å². The second kappa shape index (κ2) is 10.7. The molecule has 0 aliphatic heterocycles. The summed E-state index contributed by atoms with van der Waals surface area (Å²) in [5, 5.41) is 3.65. The van der Waals surface area contributed by atoms with Gasteiger partial charge in [0.15, 0.2) is 6.61 Å². The SMILES string of the molecule is CCc1ccc(OCC(=O)NCCSCc2ccccc2Cl)c(Br)c1. The predicted octanol–water partition coefficient (Wildman–Crippen LogP) is 5.09. The molecule has 25 heavy (non-hydrogen) atoms. The maximum absolute atomic E-state index is 11.9. The molecule has 0 atom stereocenters. The van der Waals surface area contributed by atoms with Crippen LogP contribution in [0.2, 0.25) is 5.02 Å². The maximum Gasteiger partial charge on any atom is 0.257 e. The second-order valence-electron chi connectivity index (χ2n) is 5.40. The molecule has 0 saturated carbocycles. The first-order valence-electron chi connectivity index (χ1n) is 8.09. The number of nitrogens with one attached hydrogen (secondary N) is 1. The molecular formula is C19H21BrClNO2S. The summed E-state index contributed by atoms with van der Waals surface area (Å²) in [5.41, 5.74) is 2.34.